The fourth-order valence-corrected chi connectivity index (χ4v) is 2.45. The van der Waals surface area contributed by atoms with Crippen LogP contribution in [0.15, 0.2) is 24.3 Å². The van der Waals surface area contributed by atoms with Gasteiger partial charge in [0.1, 0.15) is 13.1 Å². The predicted octanol–water partition coefficient (Wildman–Crippen LogP) is 0.304. The Hall–Kier alpha value is -1.10. The lowest BCUT2D eigenvalue weighted by Gasteiger charge is -2.23. The van der Waals surface area contributed by atoms with Crippen molar-refractivity contribution >= 4 is 17.5 Å². The van der Waals surface area contributed by atoms with Gasteiger partial charge in [0, 0.05) is 18.0 Å². The van der Waals surface area contributed by atoms with Gasteiger partial charge in [0.25, 0.3) is 0 Å². The highest BCUT2D eigenvalue weighted by Gasteiger charge is 2.12. The molecule has 5 heteroatoms. The molecule has 2 N–H and O–H groups in total. The van der Waals surface area contributed by atoms with Gasteiger partial charge in [-0.05, 0) is 17.7 Å². The summed E-state index contributed by atoms with van der Waals surface area (Å²) in [5.74, 6) is 0.0734. The van der Waals surface area contributed by atoms with Gasteiger partial charge in [-0.15, -0.1) is 0 Å². The van der Waals surface area contributed by atoms with Crippen LogP contribution in [0.25, 0.3) is 0 Å². The molecular formula is C15H22ClN2O2+. The summed E-state index contributed by atoms with van der Waals surface area (Å²) in [5.41, 5.74) is 0.991. The molecule has 1 fully saturated rings. The number of hydrogen-bond acceptors (Lipinski definition) is 2. The Labute approximate surface area is 125 Å². The van der Waals surface area contributed by atoms with Crippen molar-refractivity contribution < 1.29 is 14.4 Å². The van der Waals surface area contributed by atoms with Gasteiger partial charge in [-0.2, -0.15) is 0 Å². The third-order valence-electron chi connectivity index (χ3n) is 3.51. The van der Waals surface area contributed by atoms with Gasteiger partial charge in [0.05, 0.1) is 26.2 Å². The topological polar surface area (TPSA) is 42.8 Å². The standard InChI is InChI=1S/C15H21ClN2O2/c16-14-4-2-13(3-5-14)12-15(19)17-6-1-7-18-8-10-20-11-9-18/h2-5H,1,6-12H2,(H,17,19)/p+1. The maximum atomic E-state index is 11.8. The molecule has 0 aromatic heterocycles. The minimum Gasteiger partial charge on any atom is -0.370 e. The van der Waals surface area contributed by atoms with E-state index in [9.17, 15) is 4.79 Å². The molecule has 0 spiro atoms. The van der Waals surface area contributed by atoms with Gasteiger partial charge in [-0.1, -0.05) is 23.7 Å². The fraction of sp³-hybridized carbons (Fsp3) is 0.533. The average Bonchev–Trinajstić information content (AvgIpc) is 2.47. The Morgan fingerprint density at radius 3 is 2.65 bits per heavy atom. The van der Waals surface area contributed by atoms with Gasteiger partial charge < -0.3 is 15.0 Å². The molecule has 1 aromatic rings. The molecule has 0 saturated carbocycles. The van der Waals surface area contributed by atoms with Crippen LogP contribution in [-0.2, 0) is 16.0 Å². The molecule has 1 heterocycles. The first-order valence-electron chi connectivity index (χ1n) is 7.16. The van der Waals surface area contributed by atoms with Crippen molar-refractivity contribution in [1.82, 2.24) is 5.32 Å². The summed E-state index contributed by atoms with van der Waals surface area (Å²) in [6, 6.07) is 7.40. The van der Waals surface area contributed by atoms with E-state index in [1.807, 2.05) is 24.3 Å². The second-order valence-corrected chi connectivity index (χ2v) is 5.56. The zero-order valence-corrected chi connectivity index (χ0v) is 12.4. The van der Waals surface area contributed by atoms with Crippen molar-refractivity contribution in [2.45, 2.75) is 12.8 Å². The first-order chi connectivity index (χ1) is 9.74. The lowest BCUT2D eigenvalue weighted by atomic mass is 10.1. The van der Waals surface area contributed by atoms with Gasteiger partial charge in [-0.3, -0.25) is 4.79 Å². The minimum atomic E-state index is 0.0734. The highest BCUT2D eigenvalue weighted by atomic mass is 35.5. The van der Waals surface area contributed by atoms with E-state index in [1.165, 1.54) is 0 Å². The molecule has 1 aliphatic rings. The zero-order chi connectivity index (χ0) is 14.2. The van der Waals surface area contributed by atoms with Crippen molar-refractivity contribution in [2.24, 2.45) is 0 Å². The summed E-state index contributed by atoms with van der Waals surface area (Å²) in [5, 5.41) is 3.67. The highest BCUT2D eigenvalue weighted by Crippen LogP contribution is 2.09. The quantitative estimate of drug-likeness (QED) is 0.742. The van der Waals surface area contributed by atoms with E-state index in [4.69, 9.17) is 16.3 Å². The second-order valence-electron chi connectivity index (χ2n) is 5.12. The maximum absolute atomic E-state index is 11.8. The lowest BCUT2D eigenvalue weighted by Crippen LogP contribution is -3.14. The average molecular weight is 298 g/mol. The Balaban J connectivity index is 1.59. The van der Waals surface area contributed by atoms with Gasteiger partial charge in [0.15, 0.2) is 0 Å². The molecule has 1 aliphatic heterocycles. The number of nitrogens with one attached hydrogen (secondary N) is 2. The molecule has 1 amide bonds. The number of amides is 1. The molecule has 20 heavy (non-hydrogen) atoms. The van der Waals surface area contributed by atoms with E-state index in [2.05, 4.69) is 5.32 Å². The highest BCUT2D eigenvalue weighted by molar-refractivity contribution is 6.30. The van der Waals surface area contributed by atoms with Crippen LogP contribution in [0.4, 0.5) is 0 Å². The van der Waals surface area contributed by atoms with Crippen LogP contribution in [0.3, 0.4) is 0 Å². The number of morpholine rings is 1. The number of benzene rings is 1. The van der Waals surface area contributed by atoms with Gasteiger partial charge in [-0.25, -0.2) is 0 Å². The number of ether oxygens (including phenoxy) is 1. The Kier molecular flexibility index (Phi) is 6.30. The van der Waals surface area contributed by atoms with Gasteiger partial charge in [0.2, 0.25) is 5.91 Å². The Morgan fingerprint density at radius 2 is 1.95 bits per heavy atom. The number of hydrogen-bond donors (Lipinski definition) is 2. The number of rotatable bonds is 6. The van der Waals surface area contributed by atoms with E-state index in [1.54, 1.807) is 4.90 Å². The lowest BCUT2D eigenvalue weighted by molar-refractivity contribution is -0.908. The number of carbonyl (C=O) groups is 1. The number of halogens is 1. The second kappa shape index (κ2) is 8.25. The van der Waals surface area contributed by atoms with E-state index in [0.29, 0.717) is 11.4 Å². The SMILES string of the molecule is O=C(Cc1ccc(Cl)cc1)NCCC[NH+]1CCOCC1. The van der Waals surface area contributed by atoms with Crippen LogP contribution in [0.5, 0.6) is 0 Å². The van der Waals surface area contributed by atoms with E-state index in [-0.39, 0.29) is 5.91 Å². The molecule has 1 saturated heterocycles. The van der Waals surface area contributed by atoms with Crippen LogP contribution in [0, 0.1) is 0 Å². The van der Waals surface area contributed by atoms with Crippen molar-refractivity contribution in [3.8, 4) is 0 Å². The van der Waals surface area contributed by atoms with Crippen molar-refractivity contribution in [2.75, 3.05) is 39.4 Å². The first kappa shape index (κ1) is 15.3. The van der Waals surface area contributed by atoms with E-state index in [0.717, 1.165) is 51.4 Å². The normalized spacial score (nSPS) is 16.1. The van der Waals surface area contributed by atoms with Crippen LogP contribution in [-0.4, -0.2) is 45.3 Å². The largest absolute Gasteiger partial charge is 0.370 e. The molecule has 0 aliphatic carbocycles. The van der Waals surface area contributed by atoms with Crippen molar-refractivity contribution in [1.29, 1.82) is 0 Å². The molecule has 0 atom stereocenters. The summed E-state index contributed by atoms with van der Waals surface area (Å²) in [6.07, 6.45) is 1.43. The molecule has 0 bridgehead atoms. The Morgan fingerprint density at radius 1 is 1.25 bits per heavy atom. The van der Waals surface area contributed by atoms with Crippen LogP contribution in [0.2, 0.25) is 5.02 Å². The molecular weight excluding hydrogens is 276 g/mol. The smallest absolute Gasteiger partial charge is 0.224 e. The summed E-state index contributed by atoms with van der Waals surface area (Å²) in [6.45, 7) is 5.73. The molecule has 1 aromatic carbocycles. The molecule has 4 nitrogen and oxygen atoms in total. The molecule has 0 unspecified atom stereocenters. The van der Waals surface area contributed by atoms with Gasteiger partial charge >= 0.3 is 0 Å². The summed E-state index contributed by atoms with van der Waals surface area (Å²) < 4.78 is 5.32. The van der Waals surface area contributed by atoms with Crippen LogP contribution >= 0.6 is 11.6 Å². The summed E-state index contributed by atoms with van der Waals surface area (Å²) >= 11 is 5.81. The minimum absolute atomic E-state index is 0.0734. The van der Waals surface area contributed by atoms with Crippen molar-refractivity contribution in [3.05, 3.63) is 34.9 Å². The first-order valence-corrected chi connectivity index (χ1v) is 7.54. The predicted molar refractivity (Wildman–Crippen MR) is 79.2 cm³/mol. The maximum Gasteiger partial charge on any atom is 0.224 e. The van der Waals surface area contributed by atoms with Crippen molar-refractivity contribution in [3.63, 3.8) is 0 Å². The number of quaternary nitrogens is 1. The third-order valence-corrected chi connectivity index (χ3v) is 3.76. The van der Waals surface area contributed by atoms with E-state index < -0.39 is 0 Å². The summed E-state index contributed by atoms with van der Waals surface area (Å²) in [4.78, 5) is 13.3. The fourth-order valence-electron chi connectivity index (χ4n) is 2.33. The summed E-state index contributed by atoms with van der Waals surface area (Å²) in [7, 11) is 0. The monoisotopic (exact) mass is 297 g/mol. The Bertz CT molecular complexity index is 416. The molecule has 2 rings (SSSR count). The number of carbonyl (C=O) groups excluding carboxylic acids is 1. The zero-order valence-electron chi connectivity index (χ0n) is 11.7. The van der Waals surface area contributed by atoms with E-state index >= 15 is 0 Å². The molecule has 0 radical (unpaired) electrons. The van der Waals surface area contributed by atoms with Crippen LogP contribution in [0.1, 0.15) is 12.0 Å². The molecule has 110 valence electrons. The van der Waals surface area contributed by atoms with Crippen LogP contribution < -0.4 is 10.2 Å². The third kappa shape index (κ3) is 5.49.